The number of morpholine rings is 1. The second-order valence-corrected chi connectivity index (χ2v) is 7.61. The Morgan fingerprint density at radius 3 is 2.59 bits per heavy atom. The maximum atomic E-state index is 12.6. The van der Waals surface area contributed by atoms with Crippen LogP contribution in [0.2, 0.25) is 0 Å². The molecule has 1 aromatic heterocycles. The highest BCUT2D eigenvalue weighted by Crippen LogP contribution is 2.23. The molecule has 0 saturated carbocycles. The maximum Gasteiger partial charge on any atom is 0.417 e. The van der Waals surface area contributed by atoms with Gasteiger partial charge in [-0.3, -0.25) is 14.5 Å². The number of ether oxygens (including phenoxy) is 1. The van der Waals surface area contributed by atoms with Crippen molar-refractivity contribution in [2.24, 2.45) is 0 Å². The summed E-state index contributed by atoms with van der Waals surface area (Å²) in [5.74, 6) is -0.795. The number of carbonyl (C=O) groups is 1. The van der Waals surface area contributed by atoms with E-state index in [0.29, 0.717) is 30.0 Å². The van der Waals surface area contributed by atoms with Crippen LogP contribution in [0.4, 0.5) is 11.4 Å². The van der Waals surface area contributed by atoms with E-state index in [0.717, 1.165) is 0 Å². The number of hydrogen-bond donors (Lipinski definition) is 2. The van der Waals surface area contributed by atoms with Gasteiger partial charge in [-0.15, -0.1) is 0 Å². The van der Waals surface area contributed by atoms with Crippen LogP contribution in [0.15, 0.2) is 56.6 Å². The van der Waals surface area contributed by atoms with Gasteiger partial charge in [0.05, 0.1) is 17.0 Å². The Labute approximate surface area is 153 Å². The molecule has 27 heavy (non-hydrogen) atoms. The summed E-state index contributed by atoms with van der Waals surface area (Å²) in [6.45, 7) is 0.940. The number of fused-ring (bicyclic) bond motifs is 1. The van der Waals surface area contributed by atoms with E-state index < -0.39 is 15.8 Å². The van der Waals surface area contributed by atoms with Crippen molar-refractivity contribution in [1.29, 1.82) is 0 Å². The smallest absolute Gasteiger partial charge is 0.408 e. The Morgan fingerprint density at radius 1 is 1.07 bits per heavy atom. The highest BCUT2D eigenvalue weighted by Gasteiger charge is 2.21. The van der Waals surface area contributed by atoms with Crippen molar-refractivity contribution < 1.29 is 22.4 Å². The fourth-order valence-electron chi connectivity index (χ4n) is 2.81. The van der Waals surface area contributed by atoms with Crippen molar-refractivity contribution in [1.82, 2.24) is 4.98 Å². The van der Waals surface area contributed by atoms with Gasteiger partial charge in [-0.1, -0.05) is 0 Å². The third-order valence-electron chi connectivity index (χ3n) is 4.12. The number of rotatable bonds is 4. The van der Waals surface area contributed by atoms with Crippen LogP contribution < -0.4 is 15.4 Å². The molecule has 3 aromatic rings. The molecule has 0 spiro atoms. The second-order valence-electron chi connectivity index (χ2n) is 5.92. The maximum absolute atomic E-state index is 12.6. The van der Waals surface area contributed by atoms with Gasteiger partial charge in [-0.2, -0.15) is 0 Å². The van der Waals surface area contributed by atoms with E-state index in [9.17, 15) is 18.0 Å². The van der Waals surface area contributed by atoms with E-state index in [-0.39, 0.29) is 23.0 Å². The molecule has 140 valence electrons. The monoisotopic (exact) mass is 389 g/mol. The fraction of sp³-hybridized carbons (Fsp3) is 0.176. The summed E-state index contributed by atoms with van der Waals surface area (Å²) < 4.78 is 37.6. The van der Waals surface area contributed by atoms with Crippen molar-refractivity contribution in [3.63, 3.8) is 0 Å². The summed E-state index contributed by atoms with van der Waals surface area (Å²) in [5.41, 5.74) is 1.58. The molecule has 0 radical (unpaired) electrons. The molecule has 10 heteroatoms. The van der Waals surface area contributed by atoms with E-state index in [4.69, 9.17) is 9.15 Å². The summed E-state index contributed by atoms with van der Waals surface area (Å²) in [4.78, 5) is 27.1. The van der Waals surface area contributed by atoms with Crippen molar-refractivity contribution in [3.8, 4) is 0 Å². The molecule has 2 heterocycles. The predicted molar refractivity (Wildman–Crippen MR) is 97.3 cm³/mol. The lowest BCUT2D eigenvalue weighted by Gasteiger charge is -2.26. The van der Waals surface area contributed by atoms with E-state index in [1.165, 1.54) is 18.2 Å². The standard InChI is InChI=1S/C17H15N3O6S/c21-16-10-25-8-7-20(16)12-3-1-11(2-4-12)19-27(23,24)13-5-6-14-15(9-13)26-17(22)18-14/h1-6,9,19H,7-8,10H2,(H,18,22). The molecule has 0 atom stereocenters. The number of oxazole rings is 1. The van der Waals surface area contributed by atoms with E-state index in [2.05, 4.69) is 9.71 Å². The Kier molecular flexibility index (Phi) is 4.21. The zero-order chi connectivity index (χ0) is 19.0. The van der Waals surface area contributed by atoms with Gasteiger partial charge in [-0.25, -0.2) is 13.2 Å². The van der Waals surface area contributed by atoms with E-state index in [1.54, 1.807) is 29.2 Å². The van der Waals surface area contributed by atoms with Gasteiger partial charge in [0.2, 0.25) is 0 Å². The predicted octanol–water partition coefficient (Wildman–Crippen LogP) is 1.29. The molecular formula is C17H15N3O6S. The molecule has 1 aliphatic rings. The van der Waals surface area contributed by atoms with E-state index in [1.807, 2.05) is 0 Å². The lowest BCUT2D eigenvalue weighted by molar-refractivity contribution is -0.125. The SMILES string of the molecule is O=C1COCCN1c1ccc(NS(=O)(=O)c2ccc3[nH]c(=O)oc3c2)cc1. The molecule has 2 N–H and O–H groups in total. The first-order valence-corrected chi connectivity index (χ1v) is 9.54. The average molecular weight is 389 g/mol. The van der Waals surface area contributed by atoms with Gasteiger partial charge in [0.25, 0.3) is 15.9 Å². The third-order valence-corrected chi connectivity index (χ3v) is 5.50. The van der Waals surface area contributed by atoms with Gasteiger partial charge in [0.15, 0.2) is 5.58 Å². The molecule has 1 amide bonds. The molecule has 2 aromatic carbocycles. The van der Waals surface area contributed by atoms with Crippen LogP contribution in [-0.2, 0) is 19.6 Å². The molecule has 1 fully saturated rings. The largest absolute Gasteiger partial charge is 0.417 e. The summed E-state index contributed by atoms with van der Waals surface area (Å²) in [7, 11) is -3.87. The van der Waals surface area contributed by atoms with E-state index >= 15 is 0 Å². The summed E-state index contributed by atoms with van der Waals surface area (Å²) in [6.07, 6.45) is 0. The molecule has 0 unspecified atom stereocenters. The number of sulfonamides is 1. The molecule has 0 bridgehead atoms. The van der Waals surface area contributed by atoms with Crippen molar-refractivity contribution in [2.75, 3.05) is 29.4 Å². The summed E-state index contributed by atoms with van der Waals surface area (Å²) in [5, 5.41) is 0. The Balaban J connectivity index is 1.56. The van der Waals surface area contributed by atoms with Gasteiger partial charge >= 0.3 is 5.76 Å². The molecule has 1 saturated heterocycles. The lowest BCUT2D eigenvalue weighted by Crippen LogP contribution is -2.41. The highest BCUT2D eigenvalue weighted by atomic mass is 32.2. The number of hydrogen-bond acceptors (Lipinski definition) is 6. The minimum Gasteiger partial charge on any atom is -0.408 e. The van der Waals surface area contributed by atoms with Gasteiger partial charge < -0.3 is 14.1 Å². The van der Waals surface area contributed by atoms with Crippen LogP contribution in [0.5, 0.6) is 0 Å². The van der Waals surface area contributed by atoms with Crippen LogP contribution in [0.25, 0.3) is 11.1 Å². The quantitative estimate of drug-likeness (QED) is 0.693. The number of benzene rings is 2. The first-order valence-electron chi connectivity index (χ1n) is 8.06. The van der Waals surface area contributed by atoms with Gasteiger partial charge in [0, 0.05) is 24.0 Å². The number of aromatic nitrogens is 1. The summed E-state index contributed by atoms with van der Waals surface area (Å²) >= 11 is 0. The number of anilines is 2. The number of aromatic amines is 1. The molecule has 9 nitrogen and oxygen atoms in total. The third kappa shape index (κ3) is 3.44. The van der Waals surface area contributed by atoms with Crippen LogP contribution >= 0.6 is 0 Å². The molecule has 4 rings (SSSR count). The Bertz CT molecular complexity index is 1160. The van der Waals surface area contributed by atoms with Crippen LogP contribution in [0, 0.1) is 0 Å². The minimum atomic E-state index is -3.87. The van der Waals surface area contributed by atoms with Gasteiger partial charge in [0.1, 0.15) is 6.61 Å². The topological polar surface area (TPSA) is 122 Å². The van der Waals surface area contributed by atoms with Gasteiger partial charge in [-0.05, 0) is 36.4 Å². The second kappa shape index (κ2) is 6.56. The zero-order valence-corrected chi connectivity index (χ0v) is 14.8. The number of nitrogens with zero attached hydrogens (tertiary/aromatic N) is 1. The van der Waals surface area contributed by atoms with Crippen LogP contribution in [0.1, 0.15) is 0 Å². The fourth-order valence-corrected chi connectivity index (χ4v) is 3.88. The van der Waals surface area contributed by atoms with Crippen molar-refractivity contribution >= 4 is 38.4 Å². The minimum absolute atomic E-state index is 0.0339. The zero-order valence-electron chi connectivity index (χ0n) is 14.0. The lowest BCUT2D eigenvalue weighted by atomic mass is 10.2. The number of carbonyl (C=O) groups excluding carboxylic acids is 1. The Hall–Kier alpha value is -3.11. The van der Waals surface area contributed by atoms with Crippen LogP contribution in [-0.4, -0.2) is 39.1 Å². The van der Waals surface area contributed by atoms with Crippen LogP contribution in [0.3, 0.4) is 0 Å². The molecule has 1 aliphatic heterocycles. The first-order chi connectivity index (χ1) is 12.9. The summed E-state index contributed by atoms with van der Waals surface area (Å²) in [6, 6.07) is 10.6. The van der Waals surface area contributed by atoms with Crippen molar-refractivity contribution in [2.45, 2.75) is 4.90 Å². The number of H-pyrrole nitrogens is 1. The molecule has 0 aliphatic carbocycles. The first kappa shape index (κ1) is 17.3. The molecular weight excluding hydrogens is 374 g/mol. The number of nitrogens with one attached hydrogen (secondary N) is 2. The highest BCUT2D eigenvalue weighted by molar-refractivity contribution is 7.92. The Morgan fingerprint density at radius 2 is 1.85 bits per heavy atom. The average Bonchev–Trinajstić information content (AvgIpc) is 3.02. The normalized spacial score (nSPS) is 15.3. The van der Waals surface area contributed by atoms with Crippen molar-refractivity contribution in [3.05, 3.63) is 53.0 Å². The number of amides is 1.